The van der Waals surface area contributed by atoms with Crippen LogP contribution in [0.1, 0.15) is 18.6 Å². The molecule has 60 valence electrons. The van der Waals surface area contributed by atoms with Crippen molar-refractivity contribution in [3.63, 3.8) is 0 Å². The summed E-state index contributed by atoms with van der Waals surface area (Å²) in [6.45, 7) is 2.03. The number of rotatable bonds is 4. The molecule has 1 saturated carbocycles. The van der Waals surface area contributed by atoms with Gasteiger partial charge in [-0.1, -0.05) is 0 Å². The second-order valence-electron chi connectivity index (χ2n) is 3.15. The Balaban J connectivity index is 1.66. The molecule has 0 spiro atoms. The third-order valence-corrected chi connectivity index (χ3v) is 2.01. The van der Waals surface area contributed by atoms with E-state index in [-0.39, 0.29) is 0 Å². The van der Waals surface area contributed by atoms with Gasteiger partial charge >= 0.3 is 0 Å². The summed E-state index contributed by atoms with van der Waals surface area (Å²) >= 11 is 0. The fourth-order valence-electron chi connectivity index (χ4n) is 1.13. The van der Waals surface area contributed by atoms with Crippen molar-refractivity contribution in [3.05, 3.63) is 24.2 Å². The lowest BCUT2D eigenvalue weighted by Gasteiger charge is -1.98. The number of hydrogen-bond acceptors (Lipinski definition) is 2. The second-order valence-corrected chi connectivity index (χ2v) is 3.15. The van der Waals surface area contributed by atoms with Crippen molar-refractivity contribution in [1.29, 1.82) is 0 Å². The molecule has 1 aromatic heterocycles. The van der Waals surface area contributed by atoms with Crippen molar-refractivity contribution in [1.82, 2.24) is 5.32 Å². The van der Waals surface area contributed by atoms with Gasteiger partial charge in [0.2, 0.25) is 0 Å². The molecular formula is C9H13NO. The standard InChI is InChI=1S/C9H13NO/c1-2-9(11-5-1)7-10-6-8-3-4-8/h1-2,5,8,10H,3-4,6-7H2. The van der Waals surface area contributed by atoms with Crippen LogP contribution in [0, 0.1) is 5.92 Å². The van der Waals surface area contributed by atoms with E-state index in [1.807, 2.05) is 12.1 Å². The molecule has 1 aliphatic rings. The van der Waals surface area contributed by atoms with E-state index in [9.17, 15) is 0 Å². The molecule has 1 aromatic rings. The van der Waals surface area contributed by atoms with Crippen molar-refractivity contribution in [2.75, 3.05) is 6.54 Å². The zero-order valence-electron chi connectivity index (χ0n) is 6.55. The monoisotopic (exact) mass is 151 g/mol. The van der Waals surface area contributed by atoms with Crippen LogP contribution in [0.5, 0.6) is 0 Å². The minimum Gasteiger partial charge on any atom is -0.468 e. The van der Waals surface area contributed by atoms with Gasteiger partial charge in [-0.15, -0.1) is 0 Å². The van der Waals surface area contributed by atoms with Crippen molar-refractivity contribution >= 4 is 0 Å². The smallest absolute Gasteiger partial charge is 0.117 e. The SMILES string of the molecule is c1coc(CNCC2CC2)c1. The van der Waals surface area contributed by atoms with Crippen LogP contribution in [0.3, 0.4) is 0 Å². The van der Waals surface area contributed by atoms with Crippen LogP contribution in [0.25, 0.3) is 0 Å². The molecule has 0 aliphatic heterocycles. The molecule has 0 amide bonds. The van der Waals surface area contributed by atoms with Crippen LogP contribution >= 0.6 is 0 Å². The predicted molar refractivity (Wildman–Crippen MR) is 43.1 cm³/mol. The molecule has 0 atom stereocenters. The zero-order valence-corrected chi connectivity index (χ0v) is 6.55. The Hall–Kier alpha value is -0.760. The maximum Gasteiger partial charge on any atom is 0.117 e. The van der Waals surface area contributed by atoms with Crippen LogP contribution < -0.4 is 5.32 Å². The van der Waals surface area contributed by atoms with E-state index in [4.69, 9.17) is 4.42 Å². The van der Waals surface area contributed by atoms with Gasteiger partial charge in [-0.25, -0.2) is 0 Å². The highest BCUT2D eigenvalue weighted by molar-refractivity contribution is 4.97. The number of furan rings is 1. The zero-order chi connectivity index (χ0) is 7.52. The molecule has 0 radical (unpaired) electrons. The van der Waals surface area contributed by atoms with Gasteiger partial charge in [-0.2, -0.15) is 0 Å². The summed E-state index contributed by atoms with van der Waals surface area (Å²) in [4.78, 5) is 0. The Bertz CT molecular complexity index is 201. The van der Waals surface area contributed by atoms with E-state index in [0.717, 1.165) is 24.8 Å². The molecule has 1 N–H and O–H groups in total. The van der Waals surface area contributed by atoms with Crippen LogP contribution in [-0.2, 0) is 6.54 Å². The molecule has 0 bridgehead atoms. The number of hydrogen-bond donors (Lipinski definition) is 1. The van der Waals surface area contributed by atoms with Gasteiger partial charge in [0, 0.05) is 0 Å². The summed E-state index contributed by atoms with van der Waals surface area (Å²) in [5, 5.41) is 3.36. The highest BCUT2D eigenvalue weighted by Gasteiger charge is 2.20. The van der Waals surface area contributed by atoms with Crippen LogP contribution in [0.2, 0.25) is 0 Å². The van der Waals surface area contributed by atoms with Gasteiger partial charge in [0.1, 0.15) is 5.76 Å². The Labute approximate surface area is 66.6 Å². The topological polar surface area (TPSA) is 25.2 Å². The Morgan fingerprint density at radius 2 is 2.45 bits per heavy atom. The predicted octanol–water partition coefficient (Wildman–Crippen LogP) is 1.78. The fraction of sp³-hybridized carbons (Fsp3) is 0.556. The lowest BCUT2D eigenvalue weighted by molar-refractivity contribution is 0.479. The van der Waals surface area contributed by atoms with E-state index >= 15 is 0 Å². The molecule has 11 heavy (non-hydrogen) atoms. The molecule has 2 nitrogen and oxygen atoms in total. The van der Waals surface area contributed by atoms with Crippen molar-refractivity contribution in [2.45, 2.75) is 19.4 Å². The molecular weight excluding hydrogens is 138 g/mol. The third-order valence-electron chi connectivity index (χ3n) is 2.01. The first-order valence-electron chi connectivity index (χ1n) is 4.18. The van der Waals surface area contributed by atoms with Gasteiger partial charge in [-0.05, 0) is 37.4 Å². The Morgan fingerprint density at radius 1 is 1.55 bits per heavy atom. The van der Waals surface area contributed by atoms with Gasteiger partial charge in [-0.3, -0.25) is 0 Å². The molecule has 0 unspecified atom stereocenters. The summed E-state index contributed by atoms with van der Waals surface area (Å²) in [6.07, 6.45) is 4.53. The average molecular weight is 151 g/mol. The highest BCUT2D eigenvalue weighted by Crippen LogP contribution is 2.27. The quantitative estimate of drug-likeness (QED) is 0.709. The van der Waals surface area contributed by atoms with Crippen molar-refractivity contribution in [3.8, 4) is 0 Å². The molecule has 1 heterocycles. The minimum atomic E-state index is 0.878. The molecule has 0 aromatic carbocycles. The van der Waals surface area contributed by atoms with Gasteiger partial charge in [0.15, 0.2) is 0 Å². The summed E-state index contributed by atoms with van der Waals surface area (Å²) < 4.78 is 5.17. The average Bonchev–Trinajstić information content (AvgIpc) is 2.66. The van der Waals surface area contributed by atoms with E-state index in [0.29, 0.717) is 0 Å². The van der Waals surface area contributed by atoms with Crippen molar-refractivity contribution in [2.24, 2.45) is 5.92 Å². The first-order chi connectivity index (χ1) is 5.45. The maximum absolute atomic E-state index is 5.17. The largest absolute Gasteiger partial charge is 0.468 e. The van der Waals surface area contributed by atoms with Crippen LogP contribution in [-0.4, -0.2) is 6.54 Å². The maximum atomic E-state index is 5.17. The van der Waals surface area contributed by atoms with E-state index in [1.165, 1.54) is 12.8 Å². The minimum absolute atomic E-state index is 0.878. The first kappa shape index (κ1) is 6.92. The summed E-state index contributed by atoms with van der Waals surface area (Å²) in [6, 6.07) is 3.92. The molecule has 1 aliphatic carbocycles. The lowest BCUT2D eigenvalue weighted by atomic mass is 10.4. The van der Waals surface area contributed by atoms with Crippen molar-refractivity contribution < 1.29 is 4.42 Å². The number of nitrogens with one attached hydrogen (secondary N) is 1. The normalized spacial score (nSPS) is 17.1. The Morgan fingerprint density at radius 3 is 3.09 bits per heavy atom. The van der Waals surface area contributed by atoms with Gasteiger partial charge in [0.05, 0.1) is 12.8 Å². The fourth-order valence-corrected chi connectivity index (χ4v) is 1.13. The summed E-state index contributed by atoms with van der Waals surface area (Å²) in [7, 11) is 0. The molecule has 0 saturated heterocycles. The summed E-state index contributed by atoms with van der Waals surface area (Å²) in [5.74, 6) is 1.98. The first-order valence-corrected chi connectivity index (χ1v) is 4.18. The molecule has 2 heteroatoms. The second kappa shape index (κ2) is 3.09. The van der Waals surface area contributed by atoms with Crippen LogP contribution in [0.4, 0.5) is 0 Å². The third kappa shape index (κ3) is 2.09. The summed E-state index contributed by atoms with van der Waals surface area (Å²) in [5.41, 5.74) is 0. The van der Waals surface area contributed by atoms with E-state index in [2.05, 4.69) is 5.32 Å². The Kier molecular flexibility index (Phi) is 1.95. The van der Waals surface area contributed by atoms with Gasteiger partial charge in [0.25, 0.3) is 0 Å². The van der Waals surface area contributed by atoms with E-state index < -0.39 is 0 Å². The van der Waals surface area contributed by atoms with Crippen LogP contribution in [0.15, 0.2) is 22.8 Å². The molecule has 2 rings (SSSR count). The van der Waals surface area contributed by atoms with E-state index in [1.54, 1.807) is 6.26 Å². The van der Waals surface area contributed by atoms with Gasteiger partial charge < -0.3 is 9.73 Å². The highest BCUT2D eigenvalue weighted by atomic mass is 16.3. The molecule has 1 fully saturated rings. The lowest BCUT2D eigenvalue weighted by Crippen LogP contribution is -2.15.